The van der Waals surface area contributed by atoms with Crippen LogP contribution in [0.25, 0.3) is 0 Å². The van der Waals surface area contributed by atoms with Gasteiger partial charge in [-0.25, -0.2) is 0 Å². The van der Waals surface area contributed by atoms with Crippen LogP contribution in [0.4, 0.5) is 11.4 Å². The summed E-state index contributed by atoms with van der Waals surface area (Å²) in [5, 5.41) is 8.56. The highest BCUT2D eigenvalue weighted by molar-refractivity contribution is 9.10. The van der Waals surface area contributed by atoms with Crippen LogP contribution in [-0.2, 0) is 4.79 Å². The van der Waals surface area contributed by atoms with Gasteiger partial charge in [0.25, 0.3) is 5.91 Å². The van der Waals surface area contributed by atoms with Crippen molar-refractivity contribution in [2.45, 2.75) is 33.1 Å². The number of thiocarbonyl (C=S) groups is 1. The normalized spacial score (nSPS) is 10.2. The van der Waals surface area contributed by atoms with Crippen molar-refractivity contribution < 1.29 is 19.1 Å². The van der Waals surface area contributed by atoms with Gasteiger partial charge in [-0.1, -0.05) is 29.3 Å². The first-order valence-electron chi connectivity index (χ1n) is 9.73. The molecular formula is C22H26BrN3O4S. The lowest BCUT2D eigenvalue weighted by Gasteiger charge is -2.15. The molecule has 0 heterocycles. The van der Waals surface area contributed by atoms with E-state index in [9.17, 15) is 9.59 Å². The van der Waals surface area contributed by atoms with E-state index in [0.29, 0.717) is 34.9 Å². The van der Waals surface area contributed by atoms with Gasteiger partial charge in [-0.05, 0) is 55.4 Å². The van der Waals surface area contributed by atoms with Crippen LogP contribution in [0.2, 0.25) is 0 Å². The molecule has 0 aliphatic heterocycles. The second-order valence-electron chi connectivity index (χ2n) is 6.78. The maximum absolute atomic E-state index is 12.7. The average Bonchev–Trinajstić information content (AvgIpc) is 2.72. The van der Waals surface area contributed by atoms with Crippen molar-refractivity contribution in [1.82, 2.24) is 5.32 Å². The number of nitrogens with one attached hydrogen (secondary N) is 3. The molecule has 2 aromatic carbocycles. The van der Waals surface area contributed by atoms with Gasteiger partial charge < -0.3 is 20.1 Å². The summed E-state index contributed by atoms with van der Waals surface area (Å²) in [6.45, 7) is 3.88. The molecule has 0 unspecified atom stereocenters. The fraction of sp³-hybridized carbons (Fsp3) is 0.318. The quantitative estimate of drug-likeness (QED) is 0.434. The third-order valence-electron chi connectivity index (χ3n) is 4.41. The zero-order chi connectivity index (χ0) is 23.0. The highest BCUT2D eigenvalue weighted by Gasteiger charge is 2.17. The first kappa shape index (κ1) is 24.6. The van der Waals surface area contributed by atoms with E-state index in [0.717, 1.165) is 22.9 Å². The second-order valence-corrected chi connectivity index (χ2v) is 8.10. The van der Waals surface area contributed by atoms with Crippen molar-refractivity contribution in [3.8, 4) is 11.5 Å². The number of unbranched alkanes of at least 4 members (excludes halogenated alkanes) is 1. The monoisotopic (exact) mass is 507 g/mol. The molecule has 0 radical (unpaired) electrons. The Balaban J connectivity index is 2.09. The van der Waals surface area contributed by atoms with Crippen LogP contribution in [-0.4, -0.2) is 31.1 Å². The molecule has 0 saturated carbocycles. The Kier molecular flexibility index (Phi) is 9.26. The molecule has 31 heavy (non-hydrogen) atoms. The van der Waals surface area contributed by atoms with Gasteiger partial charge in [0.15, 0.2) is 5.11 Å². The van der Waals surface area contributed by atoms with Crippen LogP contribution in [0.15, 0.2) is 34.8 Å². The van der Waals surface area contributed by atoms with Crippen LogP contribution < -0.4 is 25.4 Å². The van der Waals surface area contributed by atoms with Gasteiger partial charge >= 0.3 is 0 Å². The smallest absolute Gasteiger partial charge is 0.261 e. The molecule has 0 fully saturated rings. The van der Waals surface area contributed by atoms with Crippen LogP contribution in [0.5, 0.6) is 11.5 Å². The topological polar surface area (TPSA) is 88.7 Å². The fourth-order valence-electron chi connectivity index (χ4n) is 2.92. The van der Waals surface area contributed by atoms with E-state index in [-0.39, 0.29) is 11.0 Å². The first-order valence-corrected chi connectivity index (χ1v) is 10.9. The van der Waals surface area contributed by atoms with E-state index in [4.69, 9.17) is 21.7 Å². The number of methoxy groups -OCH3 is 2. The van der Waals surface area contributed by atoms with Gasteiger partial charge in [-0.15, -0.1) is 0 Å². The number of ether oxygens (including phenoxy) is 2. The second kappa shape index (κ2) is 11.7. The van der Waals surface area contributed by atoms with Crippen LogP contribution in [0.3, 0.4) is 0 Å². The van der Waals surface area contributed by atoms with Crippen molar-refractivity contribution in [2.24, 2.45) is 0 Å². The molecule has 7 nitrogen and oxygen atoms in total. The van der Waals surface area contributed by atoms with Crippen LogP contribution in [0, 0.1) is 6.92 Å². The molecule has 9 heteroatoms. The minimum absolute atomic E-state index is 0.0677. The molecule has 0 aliphatic carbocycles. The summed E-state index contributed by atoms with van der Waals surface area (Å²) in [5.74, 6) is 0.494. The predicted octanol–water partition coefficient (Wildman–Crippen LogP) is 5.03. The number of amides is 2. The Morgan fingerprint density at radius 1 is 1.10 bits per heavy atom. The van der Waals surface area contributed by atoms with Gasteiger partial charge in [0.2, 0.25) is 5.91 Å². The van der Waals surface area contributed by atoms with E-state index in [1.165, 1.54) is 14.2 Å². The van der Waals surface area contributed by atoms with Crippen molar-refractivity contribution >= 4 is 56.4 Å². The lowest BCUT2D eigenvalue weighted by Crippen LogP contribution is -2.34. The molecular weight excluding hydrogens is 482 g/mol. The lowest BCUT2D eigenvalue weighted by molar-refractivity contribution is -0.116. The molecule has 0 spiro atoms. The number of hydrogen-bond acceptors (Lipinski definition) is 5. The Hall–Kier alpha value is -2.65. The number of anilines is 2. The number of aryl methyl sites for hydroxylation is 1. The third-order valence-corrected chi connectivity index (χ3v) is 5.07. The minimum atomic E-state index is -0.398. The zero-order valence-corrected chi connectivity index (χ0v) is 20.3. The van der Waals surface area contributed by atoms with Crippen LogP contribution >= 0.6 is 28.1 Å². The third kappa shape index (κ3) is 6.93. The Bertz CT molecular complexity index is 981. The minimum Gasteiger partial charge on any atom is -0.496 e. The van der Waals surface area contributed by atoms with Crippen molar-refractivity contribution in [2.75, 3.05) is 24.9 Å². The van der Waals surface area contributed by atoms with E-state index in [1.54, 1.807) is 24.3 Å². The summed E-state index contributed by atoms with van der Waals surface area (Å²) < 4.78 is 11.5. The van der Waals surface area contributed by atoms with E-state index in [2.05, 4.69) is 31.9 Å². The first-order chi connectivity index (χ1) is 14.8. The summed E-state index contributed by atoms with van der Waals surface area (Å²) in [6, 6.07) is 8.68. The summed E-state index contributed by atoms with van der Waals surface area (Å²) in [5.41, 5.74) is 2.35. The van der Waals surface area contributed by atoms with E-state index < -0.39 is 5.91 Å². The van der Waals surface area contributed by atoms with Gasteiger partial charge in [-0.3, -0.25) is 14.9 Å². The number of rotatable bonds is 8. The zero-order valence-electron chi connectivity index (χ0n) is 17.9. The largest absolute Gasteiger partial charge is 0.496 e. The fourth-order valence-corrected chi connectivity index (χ4v) is 3.71. The molecule has 2 amide bonds. The molecule has 0 saturated heterocycles. The molecule has 3 N–H and O–H groups in total. The number of hydrogen-bond donors (Lipinski definition) is 3. The van der Waals surface area contributed by atoms with E-state index in [1.807, 2.05) is 19.9 Å². The summed E-state index contributed by atoms with van der Waals surface area (Å²) >= 11 is 8.67. The molecule has 2 aromatic rings. The predicted molar refractivity (Wildman–Crippen MR) is 130 cm³/mol. The van der Waals surface area contributed by atoms with Crippen molar-refractivity contribution in [3.63, 3.8) is 0 Å². The summed E-state index contributed by atoms with van der Waals surface area (Å²) in [7, 11) is 3.03. The van der Waals surface area contributed by atoms with Gasteiger partial charge in [0.1, 0.15) is 11.5 Å². The van der Waals surface area contributed by atoms with E-state index >= 15 is 0 Å². The van der Waals surface area contributed by atoms with Gasteiger partial charge in [0.05, 0.1) is 25.5 Å². The molecule has 166 valence electrons. The number of benzene rings is 2. The van der Waals surface area contributed by atoms with Gasteiger partial charge in [-0.2, -0.15) is 0 Å². The van der Waals surface area contributed by atoms with Crippen molar-refractivity contribution in [1.29, 1.82) is 0 Å². The maximum Gasteiger partial charge on any atom is 0.261 e. The van der Waals surface area contributed by atoms with Crippen LogP contribution in [0.1, 0.15) is 42.1 Å². The SMILES string of the molecule is CCCCC(=O)Nc1ccc(NC(=S)NC(=O)c2cc(Br)cc(C)c2OC)cc1OC. The summed E-state index contributed by atoms with van der Waals surface area (Å²) in [6.07, 6.45) is 2.22. The average molecular weight is 508 g/mol. The number of carbonyl (C=O) groups is 2. The molecule has 2 rings (SSSR count). The number of carbonyl (C=O) groups excluding carboxylic acids is 2. The highest BCUT2D eigenvalue weighted by Crippen LogP contribution is 2.29. The Morgan fingerprint density at radius 3 is 2.48 bits per heavy atom. The van der Waals surface area contributed by atoms with Gasteiger partial charge in [0, 0.05) is 22.6 Å². The van der Waals surface area contributed by atoms with Crippen molar-refractivity contribution in [3.05, 3.63) is 45.9 Å². The summed E-state index contributed by atoms with van der Waals surface area (Å²) in [4.78, 5) is 24.7. The standard InChI is InChI=1S/C22H26BrN3O4S/c1-5-6-7-19(27)25-17-9-8-15(12-18(17)29-3)24-22(31)26-21(28)16-11-14(23)10-13(2)20(16)30-4/h8-12H,5-7H2,1-4H3,(H,25,27)(H2,24,26,28,31). The Morgan fingerprint density at radius 2 is 1.84 bits per heavy atom. The molecule has 0 aromatic heterocycles. The Labute approximate surface area is 196 Å². The molecule has 0 atom stereocenters. The molecule has 0 aliphatic rings. The maximum atomic E-state index is 12.7. The molecule has 0 bridgehead atoms. The number of halogens is 1. The highest BCUT2D eigenvalue weighted by atomic mass is 79.9. The lowest BCUT2D eigenvalue weighted by atomic mass is 10.1.